The van der Waals surface area contributed by atoms with Crippen LogP contribution in [0.2, 0.25) is 0 Å². The minimum absolute atomic E-state index is 0.250. The molecule has 0 atom stereocenters. The molecule has 0 radical (unpaired) electrons. The molecule has 1 aliphatic rings. The van der Waals surface area contributed by atoms with Gasteiger partial charge in [-0.25, -0.2) is 8.42 Å². The van der Waals surface area contributed by atoms with Crippen LogP contribution in [-0.4, -0.2) is 14.2 Å². The van der Waals surface area contributed by atoms with Gasteiger partial charge in [-0.15, -0.1) is 11.8 Å². The number of aryl methyl sites for hydroxylation is 2. The first-order valence-electron chi connectivity index (χ1n) is 4.19. The molecule has 0 N–H and O–H groups in total. The standard InChI is InChI=1S/C9H9ClO2S2/c1-6-4-8-7(2-3-13-8)5-9(6)14(10,11)12/h4-5H,2-3H2,1H3. The minimum Gasteiger partial charge on any atom is -0.207 e. The maximum absolute atomic E-state index is 11.2. The largest absolute Gasteiger partial charge is 0.261 e. The molecule has 0 amide bonds. The summed E-state index contributed by atoms with van der Waals surface area (Å²) in [6, 6.07) is 3.61. The number of halogens is 1. The topological polar surface area (TPSA) is 34.1 Å². The predicted molar refractivity (Wildman–Crippen MR) is 58.6 cm³/mol. The first-order valence-corrected chi connectivity index (χ1v) is 7.49. The number of benzene rings is 1. The summed E-state index contributed by atoms with van der Waals surface area (Å²) >= 11 is 1.76. The molecule has 76 valence electrons. The van der Waals surface area contributed by atoms with Crippen molar-refractivity contribution in [2.75, 3.05) is 5.75 Å². The van der Waals surface area contributed by atoms with Gasteiger partial charge in [-0.1, -0.05) is 0 Å². The molecule has 0 unspecified atom stereocenters. The van der Waals surface area contributed by atoms with Crippen molar-refractivity contribution in [1.82, 2.24) is 0 Å². The first kappa shape index (κ1) is 10.3. The van der Waals surface area contributed by atoms with Crippen molar-refractivity contribution in [3.8, 4) is 0 Å². The molecule has 14 heavy (non-hydrogen) atoms. The molecule has 2 rings (SSSR count). The molecule has 0 saturated carbocycles. The highest BCUT2D eigenvalue weighted by Gasteiger charge is 2.19. The third-order valence-corrected chi connectivity index (χ3v) is 4.81. The fourth-order valence-corrected chi connectivity index (χ4v) is 3.94. The Hall–Kier alpha value is -0.190. The zero-order chi connectivity index (χ0) is 10.3. The van der Waals surface area contributed by atoms with Crippen molar-refractivity contribution in [3.05, 3.63) is 23.3 Å². The van der Waals surface area contributed by atoms with E-state index in [-0.39, 0.29) is 4.90 Å². The first-order chi connectivity index (χ1) is 6.48. The summed E-state index contributed by atoms with van der Waals surface area (Å²) in [7, 11) is 1.74. The highest BCUT2D eigenvalue weighted by molar-refractivity contribution is 8.13. The molecule has 0 bridgehead atoms. The van der Waals surface area contributed by atoms with Crippen LogP contribution in [-0.2, 0) is 15.5 Å². The van der Waals surface area contributed by atoms with E-state index in [2.05, 4.69) is 0 Å². The van der Waals surface area contributed by atoms with Gasteiger partial charge < -0.3 is 0 Å². The second-order valence-corrected chi connectivity index (χ2v) is 6.93. The van der Waals surface area contributed by atoms with Crippen LogP contribution in [0, 0.1) is 6.92 Å². The Morgan fingerprint density at radius 3 is 2.79 bits per heavy atom. The highest BCUT2D eigenvalue weighted by atomic mass is 35.7. The van der Waals surface area contributed by atoms with Crippen LogP contribution in [0.1, 0.15) is 11.1 Å². The second kappa shape index (κ2) is 3.43. The van der Waals surface area contributed by atoms with Gasteiger partial charge in [-0.2, -0.15) is 0 Å². The molecular formula is C9H9ClO2S2. The van der Waals surface area contributed by atoms with Crippen molar-refractivity contribution < 1.29 is 8.42 Å². The van der Waals surface area contributed by atoms with E-state index in [0.717, 1.165) is 23.3 Å². The molecule has 0 fully saturated rings. The number of fused-ring (bicyclic) bond motifs is 1. The van der Waals surface area contributed by atoms with Gasteiger partial charge in [-0.05, 0) is 36.6 Å². The molecule has 0 aliphatic carbocycles. The van der Waals surface area contributed by atoms with E-state index in [9.17, 15) is 8.42 Å². The van der Waals surface area contributed by atoms with E-state index in [1.807, 2.05) is 6.07 Å². The van der Waals surface area contributed by atoms with Crippen molar-refractivity contribution in [2.24, 2.45) is 0 Å². The quantitative estimate of drug-likeness (QED) is 0.717. The summed E-state index contributed by atoms with van der Waals surface area (Å²) in [5, 5.41) is 0. The smallest absolute Gasteiger partial charge is 0.207 e. The summed E-state index contributed by atoms with van der Waals surface area (Å²) in [5.41, 5.74) is 1.83. The highest BCUT2D eigenvalue weighted by Crippen LogP contribution is 2.35. The monoisotopic (exact) mass is 248 g/mol. The lowest BCUT2D eigenvalue weighted by molar-refractivity contribution is 0.609. The fraction of sp³-hybridized carbons (Fsp3) is 0.333. The number of thioether (sulfide) groups is 1. The molecule has 1 aliphatic heterocycles. The Balaban J connectivity index is 2.65. The summed E-state index contributed by atoms with van der Waals surface area (Å²) in [6.07, 6.45) is 0.930. The maximum atomic E-state index is 11.2. The van der Waals surface area contributed by atoms with Gasteiger partial charge >= 0.3 is 0 Å². The molecule has 0 aromatic heterocycles. The van der Waals surface area contributed by atoms with E-state index < -0.39 is 9.05 Å². The van der Waals surface area contributed by atoms with Gasteiger partial charge in [-0.3, -0.25) is 0 Å². The Bertz CT molecular complexity index is 480. The summed E-state index contributed by atoms with van der Waals surface area (Å²) < 4.78 is 22.4. The van der Waals surface area contributed by atoms with E-state index in [1.165, 1.54) is 4.90 Å². The Morgan fingerprint density at radius 1 is 1.43 bits per heavy atom. The van der Waals surface area contributed by atoms with Crippen LogP contribution in [0.3, 0.4) is 0 Å². The SMILES string of the molecule is Cc1cc2c(cc1S(=O)(=O)Cl)CCS2. The molecule has 1 aromatic carbocycles. The Kier molecular flexibility index (Phi) is 2.53. The van der Waals surface area contributed by atoms with E-state index in [0.29, 0.717) is 0 Å². The van der Waals surface area contributed by atoms with Crippen LogP contribution in [0.25, 0.3) is 0 Å². The predicted octanol–water partition coefficient (Wildman–Crippen LogP) is 2.57. The number of rotatable bonds is 1. The summed E-state index contributed by atoms with van der Waals surface area (Å²) in [5.74, 6) is 1.03. The average Bonchev–Trinajstić information content (AvgIpc) is 2.47. The Morgan fingerprint density at radius 2 is 2.14 bits per heavy atom. The molecule has 1 heterocycles. The van der Waals surface area contributed by atoms with Crippen LogP contribution < -0.4 is 0 Å². The molecule has 2 nitrogen and oxygen atoms in total. The van der Waals surface area contributed by atoms with Crippen molar-refractivity contribution >= 4 is 31.5 Å². The van der Waals surface area contributed by atoms with Gasteiger partial charge in [0.1, 0.15) is 0 Å². The van der Waals surface area contributed by atoms with Gasteiger partial charge in [0.25, 0.3) is 9.05 Å². The van der Waals surface area contributed by atoms with Crippen LogP contribution in [0.5, 0.6) is 0 Å². The normalized spacial score (nSPS) is 15.6. The molecule has 0 saturated heterocycles. The summed E-state index contributed by atoms with van der Waals surface area (Å²) in [4.78, 5) is 1.44. The van der Waals surface area contributed by atoms with Gasteiger partial charge in [0, 0.05) is 21.3 Å². The van der Waals surface area contributed by atoms with Gasteiger partial charge in [0.15, 0.2) is 0 Å². The third kappa shape index (κ3) is 1.78. The lowest BCUT2D eigenvalue weighted by Crippen LogP contribution is -1.96. The van der Waals surface area contributed by atoms with Gasteiger partial charge in [0.2, 0.25) is 0 Å². The number of hydrogen-bond donors (Lipinski definition) is 0. The second-order valence-electron chi connectivity index (χ2n) is 3.26. The van der Waals surface area contributed by atoms with Crippen LogP contribution in [0.4, 0.5) is 0 Å². The van der Waals surface area contributed by atoms with Crippen molar-refractivity contribution in [2.45, 2.75) is 23.1 Å². The molecular weight excluding hydrogens is 240 g/mol. The van der Waals surface area contributed by atoms with Crippen LogP contribution in [0.15, 0.2) is 21.9 Å². The zero-order valence-electron chi connectivity index (χ0n) is 7.58. The van der Waals surface area contributed by atoms with E-state index in [4.69, 9.17) is 10.7 Å². The Labute approximate surface area is 92.1 Å². The minimum atomic E-state index is -3.59. The molecule has 1 aromatic rings. The molecule has 5 heteroatoms. The van der Waals surface area contributed by atoms with E-state index >= 15 is 0 Å². The fourth-order valence-electron chi connectivity index (χ4n) is 1.57. The summed E-state index contributed by atoms with van der Waals surface area (Å²) in [6.45, 7) is 1.77. The maximum Gasteiger partial charge on any atom is 0.261 e. The van der Waals surface area contributed by atoms with Gasteiger partial charge in [0.05, 0.1) is 4.90 Å². The lowest BCUT2D eigenvalue weighted by atomic mass is 10.1. The molecule has 0 spiro atoms. The van der Waals surface area contributed by atoms with Crippen LogP contribution >= 0.6 is 22.4 Å². The average molecular weight is 249 g/mol. The number of hydrogen-bond acceptors (Lipinski definition) is 3. The van der Waals surface area contributed by atoms with Crippen molar-refractivity contribution in [1.29, 1.82) is 0 Å². The third-order valence-electron chi connectivity index (χ3n) is 2.25. The zero-order valence-corrected chi connectivity index (χ0v) is 9.97. The van der Waals surface area contributed by atoms with Crippen molar-refractivity contribution in [3.63, 3.8) is 0 Å². The van der Waals surface area contributed by atoms with E-state index in [1.54, 1.807) is 24.8 Å². The lowest BCUT2D eigenvalue weighted by Gasteiger charge is -2.05.